The van der Waals surface area contributed by atoms with Gasteiger partial charge in [0.05, 0.1) is 6.54 Å². The van der Waals surface area contributed by atoms with Crippen LogP contribution in [0.3, 0.4) is 0 Å². The summed E-state index contributed by atoms with van der Waals surface area (Å²) < 4.78 is 1.91. The molecule has 2 aromatic heterocycles. The van der Waals surface area contributed by atoms with Crippen LogP contribution in [0.5, 0.6) is 0 Å². The molecule has 0 unspecified atom stereocenters. The van der Waals surface area contributed by atoms with Crippen LogP contribution in [0.4, 0.5) is 5.82 Å². The zero-order chi connectivity index (χ0) is 13.0. The molecule has 0 atom stereocenters. The summed E-state index contributed by atoms with van der Waals surface area (Å²) in [6.45, 7) is 4.75. The summed E-state index contributed by atoms with van der Waals surface area (Å²) in [6.07, 6.45) is 3.41. The number of pyridine rings is 1. The smallest absolute Gasteiger partial charge is 0.150 e. The summed E-state index contributed by atoms with van der Waals surface area (Å²) in [5, 5.41) is 4.48. The van der Waals surface area contributed by atoms with Crippen molar-refractivity contribution in [2.75, 3.05) is 5.43 Å². The van der Waals surface area contributed by atoms with Crippen molar-refractivity contribution >= 4 is 5.82 Å². The van der Waals surface area contributed by atoms with E-state index in [0.29, 0.717) is 12.4 Å². The van der Waals surface area contributed by atoms with Gasteiger partial charge < -0.3 is 5.43 Å². The minimum absolute atomic E-state index is 0.629. The Kier molecular flexibility index (Phi) is 3.88. The third kappa shape index (κ3) is 2.48. The quantitative estimate of drug-likeness (QED) is 0.610. The molecule has 6 nitrogen and oxygen atoms in total. The van der Waals surface area contributed by atoms with E-state index in [1.54, 1.807) is 6.20 Å². The number of aryl methyl sites for hydroxylation is 2. The van der Waals surface area contributed by atoms with Crippen molar-refractivity contribution in [3.63, 3.8) is 0 Å². The Morgan fingerprint density at radius 1 is 1.33 bits per heavy atom. The second-order valence-corrected chi connectivity index (χ2v) is 3.96. The van der Waals surface area contributed by atoms with Crippen molar-refractivity contribution in [3.8, 4) is 0 Å². The molecule has 0 radical (unpaired) electrons. The number of hydrogen-bond acceptors (Lipinski definition) is 5. The van der Waals surface area contributed by atoms with E-state index in [4.69, 9.17) is 5.84 Å². The SMILES string of the molecule is CCc1nc(CC)n(Cc2cccnc2NN)n1. The van der Waals surface area contributed by atoms with Gasteiger partial charge in [0.1, 0.15) is 11.6 Å². The number of rotatable bonds is 5. The van der Waals surface area contributed by atoms with Crippen LogP contribution in [0, 0.1) is 0 Å². The summed E-state index contributed by atoms with van der Waals surface area (Å²) in [5.74, 6) is 7.98. The Labute approximate surface area is 106 Å². The lowest BCUT2D eigenvalue weighted by atomic mass is 10.2. The minimum Gasteiger partial charge on any atom is -0.308 e. The molecule has 0 aliphatic heterocycles. The molecule has 18 heavy (non-hydrogen) atoms. The Balaban J connectivity index is 2.30. The van der Waals surface area contributed by atoms with Crippen LogP contribution < -0.4 is 11.3 Å². The standard InChI is InChI=1S/C12H18N6/c1-3-10-15-11(4-2)18(17-10)8-9-6-5-7-14-12(9)16-13/h5-7H,3-4,8,13H2,1-2H3,(H,14,16). The van der Waals surface area contributed by atoms with Crippen LogP contribution in [0.1, 0.15) is 31.1 Å². The van der Waals surface area contributed by atoms with Crippen LogP contribution in [-0.2, 0) is 19.4 Å². The molecule has 96 valence electrons. The zero-order valence-corrected chi connectivity index (χ0v) is 10.7. The Morgan fingerprint density at radius 2 is 2.17 bits per heavy atom. The largest absolute Gasteiger partial charge is 0.308 e. The summed E-state index contributed by atoms with van der Waals surface area (Å²) in [6, 6.07) is 3.87. The van der Waals surface area contributed by atoms with E-state index in [1.165, 1.54) is 0 Å². The number of aromatic nitrogens is 4. The summed E-state index contributed by atoms with van der Waals surface area (Å²) >= 11 is 0. The summed E-state index contributed by atoms with van der Waals surface area (Å²) in [7, 11) is 0. The first-order chi connectivity index (χ1) is 8.78. The monoisotopic (exact) mass is 246 g/mol. The second-order valence-electron chi connectivity index (χ2n) is 3.96. The number of hydrazine groups is 1. The maximum absolute atomic E-state index is 5.45. The topological polar surface area (TPSA) is 81.7 Å². The molecule has 0 aromatic carbocycles. The van der Waals surface area contributed by atoms with Crippen molar-refractivity contribution in [1.29, 1.82) is 0 Å². The lowest BCUT2D eigenvalue weighted by Gasteiger charge is -2.08. The van der Waals surface area contributed by atoms with Gasteiger partial charge in [0.15, 0.2) is 5.82 Å². The van der Waals surface area contributed by atoms with E-state index < -0.39 is 0 Å². The summed E-state index contributed by atoms with van der Waals surface area (Å²) in [4.78, 5) is 8.66. The lowest BCUT2D eigenvalue weighted by Crippen LogP contribution is -2.14. The number of hydrogen-bond donors (Lipinski definition) is 2. The van der Waals surface area contributed by atoms with Crippen LogP contribution in [0.2, 0.25) is 0 Å². The van der Waals surface area contributed by atoms with E-state index in [2.05, 4.69) is 34.3 Å². The van der Waals surface area contributed by atoms with E-state index >= 15 is 0 Å². The molecular weight excluding hydrogens is 228 g/mol. The third-order valence-corrected chi connectivity index (χ3v) is 2.77. The number of nitrogens with one attached hydrogen (secondary N) is 1. The first kappa shape index (κ1) is 12.5. The van der Waals surface area contributed by atoms with Crippen molar-refractivity contribution in [2.45, 2.75) is 33.2 Å². The summed E-state index contributed by atoms with van der Waals surface area (Å²) in [5.41, 5.74) is 3.60. The third-order valence-electron chi connectivity index (χ3n) is 2.77. The maximum atomic E-state index is 5.45. The molecule has 0 bridgehead atoms. The Hall–Kier alpha value is -1.95. The van der Waals surface area contributed by atoms with Crippen LogP contribution in [0.15, 0.2) is 18.3 Å². The van der Waals surface area contributed by atoms with Crippen molar-refractivity contribution in [3.05, 3.63) is 35.5 Å². The second kappa shape index (κ2) is 5.59. The van der Waals surface area contributed by atoms with Gasteiger partial charge in [-0.05, 0) is 6.07 Å². The Bertz CT molecular complexity index is 519. The molecule has 0 fully saturated rings. The van der Waals surface area contributed by atoms with E-state index in [-0.39, 0.29) is 0 Å². The molecule has 2 heterocycles. The molecule has 2 rings (SSSR count). The average molecular weight is 246 g/mol. The highest BCUT2D eigenvalue weighted by atomic mass is 15.3. The van der Waals surface area contributed by atoms with Gasteiger partial charge in [0.25, 0.3) is 0 Å². The number of nitrogen functional groups attached to an aromatic ring is 1. The lowest BCUT2D eigenvalue weighted by molar-refractivity contribution is 0.636. The Morgan fingerprint density at radius 3 is 2.83 bits per heavy atom. The van der Waals surface area contributed by atoms with Crippen LogP contribution in [-0.4, -0.2) is 19.7 Å². The van der Waals surface area contributed by atoms with Crippen LogP contribution in [0.25, 0.3) is 0 Å². The fourth-order valence-corrected chi connectivity index (χ4v) is 1.82. The predicted octanol–water partition coefficient (Wildman–Crippen LogP) is 1.13. The highest BCUT2D eigenvalue weighted by molar-refractivity contribution is 5.42. The van der Waals surface area contributed by atoms with Crippen molar-refractivity contribution in [1.82, 2.24) is 19.7 Å². The van der Waals surface area contributed by atoms with Gasteiger partial charge in [-0.3, -0.25) is 0 Å². The van der Waals surface area contributed by atoms with Gasteiger partial charge in [0.2, 0.25) is 0 Å². The minimum atomic E-state index is 0.629. The normalized spacial score (nSPS) is 10.6. The highest BCUT2D eigenvalue weighted by Gasteiger charge is 2.09. The first-order valence-corrected chi connectivity index (χ1v) is 6.11. The van der Waals surface area contributed by atoms with Crippen molar-refractivity contribution < 1.29 is 0 Å². The number of anilines is 1. The molecule has 0 spiro atoms. The molecule has 3 N–H and O–H groups in total. The van der Waals surface area contributed by atoms with Gasteiger partial charge in [-0.25, -0.2) is 20.5 Å². The predicted molar refractivity (Wildman–Crippen MR) is 69.9 cm³/mol. The van der Waals surface area contributed by atoms with E-state index in [9.17, 15) is 0 Å². The zero-order valence-electron chi connectivity index (χ0n) is 10.7. The van der Waals surface area contributed by atoms with Crippen molar-refractivity contribution in [2.24, 2.45) is 5.84 Å². The van der Waals surface area contributed by atoms with E-state index in [1.807, 2.05) is 16.8 Å². The van der Waals surface area contributed by atoms with Gasteiger partial charge in [0, 0.05) is 24.6 Å². The number of nitrogens with two attached hydrogens (primary N) is 1. The average Bonchev–Trinajstić information content (AvgIpc) is 2.81. The fourth-order valence-electron chi connectivity index (χ4n) is 1.82. The van der Waals surface area contributed by atoms with Crippen LogP contribution >= 0.6 is 0 Å². The van der Waals surface area contributed by atoms with Gasteiger partial charge in [-0.15, -0.1) is 0 Å². The molecule has 0 saturated carbocycles. The maximum Gasteiger partial charge on any atom is 0.150 e. The molecule has 6 heteroatoms. The fraction of sp³-hybridized carbons (Fsp3) is 0.417. The van der Waals surface area contributed by atoms with Gasteiger partial charge in [-0.2, -0.15) is 5.10 Å². The molecule has 0 aliphatic carbocycles. The molecule has 0 amide bonds. The molecular formula is C12H18N6. The molecule has 2 aromatic rings. The molecule has 0 aliphatic rings. The van der Waals surface area contributed by atoms with E-state index in [0.717, 1.165) is 30.1 Å². The first-order valence-electron chi connectivity index (χ1n) is 6.11. The number of nitrogens with zero attached hydrogens (tertiary/aromatic N) is 4. The van der Waals surface area contributed by atoms with Gasteiger partial charge in [-0.1, -0.05) is 19.9 Å². The molecule has 0 saturated heterocycles. The highest BCUT2D eigenvalue weighted by Crippen LogP contribution is 2.13. The van der Waals surface area contributed by atoms with Gasteiger partial charge >= 0.3 is 0 Å².